The molecule has 1 unspecified atom stereocenters. The average Bonchev–Trinajstić information content (AvgIpc) is 2.39. The van der Waals surface area contributed by atoms with Crippen LogP contribution < -0.4 is 0 Å². The van der Waals surface area contributed by atoms with Crippen molar-refractivity contribution in [1.82, 2.24) is 0 Å². The molecule has 0 radical (unpaired) electrons. The van der Waals surface area contributed by atoms with Crippen LogP contribution in [-0.4, -0.2) is 12.8 Å². The van der Waals surface area contributed by atoms with Crippen LogP contribution in [0, 0.1) is 0 Å². The Balaban J connectivity index is 2.60. The molecule has 1 aromatic carbocycles. The standard InChI is InChI=1S/C15H22O3/c1-3-5-7-12-14(18-15(16)17-4-2)13-10-8-6-9-11-13/h6,8-11,14H,3-5,7,12H2,1-2H3. The van der Waals surface area contributed by atoms with E-state index in [9.17, 15) is 4.79 Å². The Morgan fingerprint density at radius 2 is 1.89 bits per heavy atom. The molecule has 1 atom stereocenters. The van der Waals surface area contributed by atoms with Gasteiger partial charge in [-0.15, -0.1) is 0 Å². The van der Waals surface area contributed by atoms with Crippen molar-refractivity contribution in [2.45, 2.75) is 45.6 Å². The first-order chi connectivity index (χ1) is 8.77. The summed E-state index contributed by atoms with van der Waals surface area (Å²) >= 11 is 0. The van der Waals surface area contributed by atoms with Crippen molar-refractivity contribution in [1.29, 1.82) is 0 Å². The summed E-state index contributed by atoms with van der Waals surface area (Å²) < 4.78 is 10.2. The summed E-state index contributed by atoms with van der Waals surface area (Å²) in [5.74, 6) is 0. The lowest BCUT2D eigenvalue weighted by molar-refractivity contribution is 0.0218. The normalized spacial score (nSPS) is 11.9. The van der Waals surface area contributed by atoms with Crippen LogP contribution in [0.2, 0.25) is 0 Å². The molecule has 0 N–H and O–H groups in total. The summed E-state index contributed by atoms with van der Waals surface area (Å²) in [6, 6.07) is 9.83. The van der Waals surface area contributed by atoms with Crippen molar-refractivity contribution >= 4 is 6.16 Å². The lowest BCUT2D eigenvalue weighted by Crippen LogP contribution is -2.13. The molecule has 1 rings (SSSR count). The second-order valence-corrected chi connectivity index (χ2v) is 4.20. The number of carbonyl (C=O) groups excluding carboxylic acids is 1. The minimum atomic E-state index is -0.581. The van der Waals surface area contributed by atoms with Crippen molar-refractivity contribution in [3.63, 3.8) is 0 Å². The van der Waals surface area contributed by atoms with Crippen molar-refractivity contribution in [2.24, 2.45) is 0 Å². The molecule has 0 saturated heterocycles. The fraction of sp³-hybridized carbons (Fsp3) is 0.533. The van der Waals surface area contributed by atoms with Gasteiger partial charge < -0.3 is 9.47 Å². The number of hydrogen-bond donors (Lipinski definition) is 0. The van der Waals surface area contributed by atoms with Crippen LogP contribution in [0.5, 0.6) is 0 Å². The van der Waals surface area contributed by atoms with E-state index in [4.69, 9.17) is 9.47 Å². The quantitative estimate of drug-likeness (QED) is 0.528. The van der Waals surface area contributed by atoms with Crippen LogP contribution in [0.4, 0.5) is 4.79 Å². The predicted octanol–water partition coefficient (Wildman–Crippen LogP) is 4.48. The van der Waals surface area contributed by atoms with Crippen molar-refractivity contribution in [3.8, 4) is 0 Å². The molecule has 3 nitrogen and oxygen atoms in total. The number of ether oxygens (including phenoxy) is 2. The smallest absolute Gasteiger partial charge is 0.435 e. The Labute approximate surface area is 109 Å². The van der Waals surface area contributed by atoms with E-state index < -0.39 is 6.16 Å². The van der Waals surface area contributed by atoms with Gasteiger partial charge >= 0.3 is 6.16 Å². The van der Waals surface area contributed by atoms with Crippen LogP contribution in [0.1, 0.15) is 51.2 Å². The first-order valence-corrected chi connectivity index (χ1v) is 6.66. The first kappa shape index (κ1) is 14.6. The van der Waals surface area contributed by atoms with Gasteiger partial charge in [-0.05, 0) is 25.3 Å². The van der Waals surface area contributed by atoms with E-state index in [2.05, 4.69) is 6.92 Å². The van der Waals surface area contributed by atoms with Gasteiger partial charge in [0, 0.05) is 0 Å². The number of hydrogen-bond acceptors (Lipinski definition) is 3. The van der Waals surface area contributed by atoms with Crippen LogP contribution in [-0.2, 0) is 9.47 Å². The van der Waals surface area contributed by atoms with E-state index in [1.54, 1.807) is 6.92 Å². The average molecular weight is 250 g/mol. The molecule has 0 heterocycles. The summed E-state index contributed by atoms with van der Waals surface area (Å²) in [4.78, 5) is 11.4. The molecule has 0 aliphatic heterocycles. The topological polar surface area (TPSA) is 35.5 Å². The van der Waals surface area contributed by atoms with Crippen LogP contribution in [0.3, 0.4) is 0 Å². The molecular formula is C15H22O3. The summed E-state index contributed by atoms with van der Waals surface area (Å²) in [5, 5.41) is 0. The lowest BCUT2D eigenvalue weighted by Gasteiger charge is -2.17. The SMILES string of the molecule is CCCCCC(OC(=O)OCC)c1ccccc1. The van der Waals surface area contributed by atoms with Crippen molar-refractivity contribution < 1.29 is 14.3 Å². The van der Waals surface area contributed by atoms with Crippen molar-refractivity contribution in [2.75, 3.05) is 6.61 Å². The van der Waals surface area contributed by atoms with E-state index in [-0.39, 0.29) is 6.10 Å². The highest BCUT2D eigenvalue weighted by Gasteiger charge is 2.16. The summed E-state index contributed by atoms with van der Waals surface area (Å²) in [6.45, 7) is 4.27. The molecule has 0 bridgehead atoms. The first-order valence-electron chi connectivity index (χ1n) is 6.66. The Hall–Kier alpha value is -1.51. The maximum absolute atomic E-state index is 11.4. The van der Waals surface area contributed by atoms with Gasteiger partial charge in [0.15, 0.2) is 0 Å². The molecular weight excluding hydrogens is 228 g/mol. The van der Waals surface area contributed by atoms with Gasteiger partial charge in [0.2, 0.25) is 0 Å². The molecule has 0 saturated carbocycles. The number of rotatable bonds is 7. The zero-order chi connectivity index (χ0) is 13.2. The highest BCUT2D eigenvalue weighted by atomic mass is 16.7. The highest BCUT2D eigenvalue weighted by molar-refractivity contribution is 5.60. The fourth-order valence-electron chi connectivity index (χ4n) is 1.81. The lowest BCUT2D eigenvalue weighted by atomic mass is 10.0. The summed E-state index contributed by atoms with van der Waals surface area (Å²) in [6.07, 6.45) is 3.42. The molecule has 0 spiro atoms. The monoisotopic (exact) mass is 250 g/mol. The molecule has 18 heavy (non-hydrogen) atoms. The molecule has 0 fully saturated rings. The second-order valence-electron chi connectivity index (χ2n) is 4.20. The van der Waals surface area contributed by atoms with Crippen LogP contribution in [0.25, 0.3) is 0 Å². The van der Waals surface area contributed by atoms with Crippen LogP contribution >= 0.6 is 0 Å². The number of unbranched alkanes of at least 4 members (excludes halogenated alkanes) is 2. The van der Waals surface area contributed by atoms with Gasteiger partial charge in [-0.2, -0.15) is 0 Å². The minimum Gasteiger partial charge on any atom is -0.435 e. The van der Waals surface area contributed by atoms with E-state index in [1.165, 1.54) is 0 Å². The third-order valence-electron chi connectivity index (χ3n) is 2.74. The Bertz CT molecular complexity index is 335. The highest BCUT2D eigenvalue weighted by Crippen LogP contribution is 2.24. The molecule has 100 valence electrons. The molecule has 0 aromatic heterocycles. The molecule has 0 amide bonds. The Morgan fingerprint density at radius 3 is 2.50 bits per heavy atom. The number of carbonyl (C=O) groups is 1. The minimum absolute atomic E-state index is 0.197. The van der Waals surface area contributed by atoms with Gasteiger partial charge in [-0.25, -0.2) is 4.79 Å². The maximum atomic E-state index is 11.4. The van der Waals surface area contributed by atoms with E-state index in [0.29, 0.717) is 6.61 Å². The molecule has 1 aromatic rings. The van der Waals surface area contributed by atoms with E-state index >= 15 is 0 Å². The van der Waals surface area contributed by atoms with Gasteiger partial charge in [0.1, 0.15) is 6.10 Å². The van der Waals surface area contributed by atoms with Crippen LogP contribution in [0.15, 0.2) is 30.3 Å². The summed E-state index contributed by atoms with van der Waals surface area (Å²) in [5.41, 5.74) is 1.03. The zero-order valence-electron chi connectivity index (χ0n) is 11.2. The molecule has 0 aliphatic rings. The fourth-order valence-corrected chi connectivity index (χ4v) is 1.81. The predicted molar refractivity (Wildman–Crippen MR) is 71.4 cm³/mol. The molecule has 0 aliphatic carbocycles. The Morgan fingerprint density at radius 1 is 1.17 bits per heavy atom. The largest absolute Gasteiger partial charge is 0.508 e. The maximum Gasteiger partial charge on any atom is 0.508 e. The third kappa shape index (κ3) is 5.21. The summed E-state index contributed by atoms with van der Waals surface area (Å²) in [7, 11) is 0. The van der Waals surface area contributed by atoms with Gasteiger partial charge in [0.25, 0.3) is 0 Å². The van der Waals surface area contributed by atoms with Crippen molar-refractivity contribution in [3.05, 3.63) is 35.9 Å². The van der Waals surface area contributed by atoms with Gasteiger partial charge in [-0.1, -0.05) is 50.1 Å². The van der Waals surface area contributed by atoms with Gasteiger partial charge in [0.05, 0.1) is 6.61 Å². The van der Waals surface area contributed by atoms with E-state index in [0.717, 1.165) is 31.2 Å². The second kappa shape index (κ2) is 8.56. The zero-order valence-corrected chi connectivity index (χ0v) is 11.2. The van der Waals surface area contributed by atoms with Gasteiger partial charge in [-0.3, -0.25) is 0 Å². The Kier molecular flexibility index (Phi) is 6.92. The molecule has 3 heteroatoms. The van der Waals surface area contributed by atoms with E-state index in [1.807, 2.05) is 30.3 Å². The third-order valence-corrected chi connectivity index (χ3v) is 2.74. The number of benzene rings is 1.